The summed E-state index contributed by atoms with van der Waals surface area (Å²) < 4.78 is 10.9. The summed E-state index contributed by atoms with van der Waals surface area (Å²) in [7, 11) is -2.28. The fourth-order valence-electron chi connectivity index (χ4n) is 1.55. The van der Waals surface area contributed by atoms with Crippen molar-refractivity contribution >= 4 is 8.03 Å². The Morgan fingerprint density at radius 1 is 1.27 bits per heavy atom. The SMILES string of the molecule is CC1([PH](=O)O)CCCCC1.[Zn]. The van der Waals surface area contributed by atoms with Crippen LogP contribution in [0.4, 0.5) is 0 Å². The molecule has 0 bridgehead atoms. The molecule has 0 aromatic rings. The van der Waals surface area contributed by atoms with Crippen molar-refractivity contribution in [1.82, 2.24) is 0 Å². The van der Waals surface area contributed by atoms with E-state index in [0.29, 0.717) is 0 Å². The molecule has 1 aliphatic carbocycles. The van der Waals surface area contributed by atoms with E-state index >= 15 is 0 Å². The van der Waals surface area contributed by atoms with Crippen molar-refractivity contribution in [3.05, 3.63) is 0 Å². The van der Waals surface area contributed by atoms with Crippen molar-refractivity contribution in [3.8, 4) is 0 Å². The molecule has 0 spiro atoms. The minimum atomic E-state index is -2.28. The average Bonchev–Trinajstić information content (AvgIpc) is 1.89. The van der Waals surface area contributed by atoms with E-state index < -0.39 is 8.03 Å². The molecule has 62 valence electrons. The largest absolute Gasteiger partial charge is 0.346 e. The van der Waals surface area contributed by atoms with E-state index in [9.17, 15) is 4.57 Å². The Hall–Kier alpha value is 0.813. The summed E-state index contributed by atoms with van der Waals surface area (Å²) in [5.74, 6) is 0. The molecular weight excluding hydrogens is 212 g/mol. The Morgan fingerprint density at radius 3 is 2.00 bits per heavy atom. The van der Waals surface area contributed by atoms with E-state index in [-0.39, 0.29) is 24.6 Å². The Labute approximate surface area is 81.4 Å². The molecule has 1 atom stereocenters. The van der Waals surface area contributed by atoms with Crippen molar-refractivity contribution < 1.29 is 28.9 Å². The van der Waals surface area contributed by atoms with Crippen molar-refractivity contribution in [2.24, 2.45) is 0 Å². The van der Waals surface area contributed by atoms with Crippen LogP contribution in [-0.2, 0) is 24.0 Å². The maximum atomic E-state index is 10.9. The molecule has 1 saturated carbocycles. The third-order valence-electron chi connectivity index (χ3n) is 2.47. The van der Waals surface area contributed by atoms with Crippen molar-refractivity contribution in [1.29, 1.82) is 0 Å². The van der Waals surface area contributed by atoms with Crippen LogP contribution in [0, 0.1) is 0 Å². The van der Waals surface area contributed by atoms with Crippen LogP contribution in [-0.4, -0.2) is 10.0 Å². The minimum absolute atomic E-state index is 0. The molecule has 1 fully saturated rings. The van der Waals surface area contributed by atoms with Gasteiger partial charge in [-0.15, -0.1) is 0 Å². The van der Waals surface area contributed by atoms with Crippen LogP contribution in [0.5, 0.6) is 0 Å². The van der Waals surface area contributed by atoms with Crippen molar-refractivity contribution in [2.45, 2.75) is 44.2 Å². The molecule has 0 aliphatic heterocycles. The molecule has 0 saturated heterocycles. The molecule has 1 unspecified atom stereocenters. The summed E-state index contributed by atoms with van der Waals surface area (Å²) in [5, 5.41) is -0.219. The molecule has 1 rings (SSSR count). The maximum Gasteiger partial charge on any atom is 0.194 e. The first-order valence-corrected chi connectivity index (χ1v) is 5.24. The van der Waals surface area contributed by atoms with Gasteiger partial charge in [-0.2, -0.15) is 0 Å². The van der Waals surface area contributed by atoms with Gasteiger partial charge in [-0.1, -0.05) is 26.2 Å². The van der Waals surface area contributed by atoms with Crippen LogP contribution in [0.25, 0.3) is 0 Å². The zero-order chi connectivity index (χ0) is 7.61. The second kappa shape index (κ2) is 4.75. The van der Waals surface area contributed by atoms with Gasteiger partial charge in [0.05, 0.1) is 0 Å². The second-order valence-corrected chi connectivity index (χ2v) is 5.24. The minimum Gasteiger partial charge on any atom is -0.346 e. The van der Waals surface area contributed by atoms with Gasteiger partial charge in [0.15, 0.2) is 8.03 Å². The van der Waals surface area contributed by atoms with E-state index in [1.807, 2.05) is 6.92 Å². The molecule has 1 N–H and O–H groups in total. The smallest absolute Gasteiger partial charge is 0.194 e. The molecule has 0 amide bonds. The standard InChI is InChI=1S/C7H15O2P.Zn/c1-7(10(8)9)5-3-2-4-6-7;/h10H,2-6H2,1H3,(H,8,9);. The van der Waals surface area contributed by atoms with Crippen molar-refractivity contribution in [3.63, 3.8) is 0 Å². The third kappa shape index (κ3) is 2.97. The van der Waals surface area contributed by atoms with Gasteiger partial charge in [0.2, 0.25) is 0 Å². The summed E-state index contributed by atoms with van der Waals surface area (Å²) in [6.45, 7) is 1.94. The first-order valence-electron chi connectivity index (χ1n) is 3.88. The summed E-state index contributed by atoms with van der Waals surface area (Å²) in [6.07, 6.45) is 5.40. The van der Waals surface area contributed by atoms with Crippen LogP contribution in [0.1, 0.15) is 39.0 Å². The van der Waals surface area contributed by atoms with Crippen LogP contribution in [0.2, 0.25) is 0 Å². The van der Waals surface area contributed by atoms with Gasteiger partial charge >= 0.3 is 0 Å². The van der Waals surface area contributed by atoms with Gasteiger partial charge in [-0.3, -0.25) is 4.57 Å². The molecule has 1 aliphatic rings. The molecule has 0 aromatic heterocycles. The molecule has 0 radical (unpaired) electrons. The third-order valence-corrected chi connectivity index (χ3v) is 4.01. The number of hydrogen-bond donors (Lipinski definition) is 1. The predicted octanol–water partition coefficient (Wildman–Crippen LogP) is 2.17. The van der Waals surface area contributed by atoms with Gasteiger partial charge < -0.3 is 4.89 Å². The normalized spacial score (nSPS) is 25.3. The molecule has 2 nitrogen and oxygen atoms in total. The monoisotopic (exact) mass is 226 g/mol. The van der Waals surface area contributed by atoms with Crippen LogP contribution >= 0.6 is 8.03 Å². The fraction of sp³-hybridized carbons (Fsp3) is 1.00. The Kier molecular flexibility index (Phi) is 5.10. The molecular formula is C7H15O2PZn. The maximum absolute atomic E-state index is 10.9. The number of rotatable bonds is 1. The zero-order valence-corrected chi connectivity index (χ0v) is 11.1. The number of hydrogen-bond acceptors (Lipinski definition) is 1. The first kappa shape index (κ1) is 11.8. The topological polar surface area (TPSA) is 37.3 Å². The second-order valence-electron chi connectivity index (χ2n) is 3.43. The van der Waals surface area contributed by atoms with Gasteiger partial charge in [-0.05, 0) is 12.8 Å². The van der Waals surface area contributed by atoms with E-state index in [4.69, 9.17) is 4.89 Å². The molecule has 0 aromatic carbocycles. The summed E-state index contributed by atoms with van der Waals surface area (Å²) >= 11 is 0. The Bertz CT molecular complexity index is 143. The van der Waals surface area contributed by atoms with E-state index in [0.717, 1.165) is 25.7 Å². The van der Waals surface area contributed by atoms with E-state index in [1.54, 1.807) is 0 Å². The van der Waals surface area contributed by atoms with E-state index in [1.165, 1.54) is 6.42 Å². The van der Waals surface area contributed by atoms with Crippen LogP contribution in [0.15, 0.2) is 0 Å². The molecule has 11 heavy (non-hydrogen) atoms. The quantitative estimate of drug-likeness (QED) is 0.551. The summed E-state index contributed by atoms with van der Waals surface area (Å²) in [4.78, 5) is 8.98. The fourth-order valence-corrected chi connectivity index (χ4v) is 2.33. The van der Waals surface area contributed by atoms with E-state index in [2.05, 4.69) is 0 Å². The zero-order valence-electron chi connectivity index (χ0n) is 7.10. The average molecular weight is 228 g/mol. The van der Waals surface area contributed by atoms with Crippen LogP contribution in [0.3, 0.4) is 0 Å². The van der Waals surface area contributed by atoms with Gasteiger partial charge in [0, 0.05) is 24.6 Å². The van der Waals surface area contributed by atoms with Gasteiger partial charge in [0.1, 0.15) is 0 Å². The molecule has 4 heteroatoms. The molecule has 0 heterocycles. The Balaban J connectivity index is 0.000001000. The first-order chi connectivity index (χ1) is 4.65. The van der Waals surface area contributed by atoms with Crippen LogP contribution < -0.4 is 0 Å². The summed E-state index contributed by atoms with van der Waals surface area (Å²) in [5.41, 5.74) is 0. The Morgan fingerprint density at radius 2 is 1.73 bits per heavy atom. The summed E-state index contributed by atoms with van der Waals surface area (Å²) in [6, 6.07) is 0. The van der Waals surface area contributed by atoms with Crippen molar-refractivity contribution in [2.75, 3.05) is 0 Å². The van der Waals surface area contributed by atoms with Gasteiger partial charge in [-0.25, -0.2) is 0 Å². The predicted molar refractivity (Wildman–Crippen MR) is 42.7 cm³/mol. The van der Waals surface area contributed by atoms with Gasteiger partial charge in [0.25, 0.3) is 0 Å².